The minimum atomic E-state index is -0.488. The number of carbonyl (C=O) groups is 1. The van der Waals surface area contributed by atoms with E-state index in [4.69, 9.17) is 13.9 Å². The average Bonchev–Trinajstić information content (AvgIpc) is 3.65. The van der Waals surface area contributed by atoms with Crippen LogP contribution in [0.3, 0.4) is 0 Å². The van der Waals surface area contributed by atoms with Gasteiger partial charge in [0.1, 0.15) is 23.2 Å². The molecule has 0 bridgehead atoms. The number of benzene rings is 1. The summed E-state index contributed by atoms with van der Waals surface area (Å²) >= 11 is 0. The van der Waals surface area contributed by atoms with E-state index in [9.17, 15) is 9.90 Å². The van der Waals surface area contributed by atoms with Crippen LogP contribution in [-0.2, 0) is 16.6 Å². The fourth-order valence-corrected chi connectivity index (χ4v) is 5.39. The van der Waals surface area contributed by atoms with Crippen molar-refractivity contribution in [3.63, 3.8) is 0 Å². The van der Waals surface area contributed by atoms with E-state index in [2.05, 4.69) is 48.5 Å². The summed E-state index contributed by atoms with van der Waals surface area (Å²) < 4.78 is 20.0. The highest BCUT2D eigenvalue weighted by Gasteiger charge is 2.28. The number of aliphatic hydroxyl groups excluding tert-OH is 1. The van der Waals surface area contributed by atoms with Crippen LogP contribution in [0.5, 0.6) is 11.6 Å². The molecule has 1 aliphatic carbocycles. The molecule has 4 aromatic rings. The lowest BCUT2D eigenvalue weighted by molar-refractivity contribution is -0.112. The van der Waals surface area contributed by atoms with E-state index >= 15 is 0 Å². The SMILES string of the molecule is CN=C/C(=C/O)C(=O)Nc1ccc(Oc2ncnc3oc(-c4cnn(C)c4)c(C4C=C(CN5CCOCC5)C=CC4)c23)cc1. The molecule has 12 nitrogen and oxygen atoms in total. The molecular formula is C32H33N7O5. The number of amides is 1. The van der Waals surface area contributed by atoms with Crippen LogP contribution in [0, 0.1) is 0 Å². The molecule has 1 atom stereocenters. The number of aliphatic imine (C=N–C) groups is 1. The molecule has 6 rings (SSSR count). The molecule has 2 aliphatic rings. The first-order chi connectivity index (χ1) is 21.5. The number of allylic oxidation sites excluding steroid dienone is 2. The van der Waals surface area contributed by atoms with Crippen molar-refractivity contribution in [1.82, 2.24) is 24.6 Å². The summed E-state index contributed by atoms with van der Waals surface area (Å²) in [5.74, 6) is 1.07. The molecule has 1 amide bonds. The molecule has 1 unspecified atom stereocenters. The topological polar surface area (TPSA) is 140 Å². The largest absolute Gasteiger partial charge is 0.515 e. The maximum absolute atomic E-state index is 12.4. The van der Waals surface area contributed by atoms with Crippen LogP contribution in [0.2, 0.25) is 0 Å². The third-order valence-corrected chi connectivity index (χ3v) is 7.47. The molecule has 12 heteroatoms. The van der Waals surface area contributed by atoms with Crippen LogP contribution >= 0.6 is 0 Å². The van der Waals surface area contributed by atoms with Crippen LogP contribution in [0.25, 0.3) is 22.4 Å². The third-order valence-electron chi connectivity index (χ3n) is 7.47. The summed E-state index contributed by atoms with van der Waals surface area (Å²) in [6.07, 6.45) is 14.6. The van der Waals surface area contributed by atoms with Crippen LogP contribution in [0.4, 0.5) is 5.69 Å². The van der Waals surface area contributed by atoms with Gasteiger partial charge in [-0.05, 0) is 36.3 Å². The normalized spacial score (nSPS) is 17.7. The number of carbonyl (C=O) groups excluding carboxylic acids is 1. The first-order valence-electron chi connectivity index (χ1n) is 14.3. The van der Waals surface area contributed by atoms with Gasteiger partial charge in [-0.3, -0.25) is 19.4 Å². The Morgan fingerprint density at radius 2 is 2.05 bits per heavy atom. The van der Waals surface area contributed by atoms with Crippen LogP contribution in [0.15, 0.2) is 88.0 Å². The number of hydrogen-bond acceptors (Lipinski definition) is 10. The van der Waals surface area contributed by atoms with Gasteiger partial charge in [0, 0.05) is 63.3 Å². The Morgan fingerprint density at radius 1 is 1.23 bits per heavy atom. The molecule has 3 aromatic heterocycles. The maximum Gasteiger partial charge on any atom is 0.260 e. The molecule has 0 radical (unpaired) electrons. The van der Waals surface area contributed by atoms with Crippen molar-refractivity contribution < 1.29 is 23.8 Å². The van der Waals surface area contributed by atoms with Crippen molar-refractivity contribution in [3.8, 4) is 23.0 Å². The van der Waals surface area contributed by atoms with Gasteiger partial charge in [0.25, 0.3) is 5.91 Å². The van der Waals surface area contributed by atoms with E-state index in [1.165, 1.54) is 25.2 Å². The summed E-state index contributed by atoms with van der Waals surface area (Å²) in [4.78, 5) is 27.5. The van der Waals surface area contributed by atoms with Gasteiger partial charge in [-0.1, -0.05) is 18.2 Å². The molecule has 0 saturated carbocycles. The zero-order chi connectivity index (χ0) is 30.5. The molecule has 1 saturated heterocycles. The minimum Gasteiger partial charge on any atom is -0.515 e. The third kappa shape index (κ3) is 6.31. The summed E-state index contributed by atoms with van der Waals surface area (Å²) in [6, 6.07) is 6.86. The average molecular weight is 596 g/mol. The summed E-state index contributed by atoms with van der Waals surface area (Å²) in [5, 5.41) is 17.1. The highest BCUT2D eigenvalue weighted by atomic mass is 16.5. The quantitative estimate of drug-likeness (QED) is 0.159. The van der Waals surface area contributed by atoms with Gasteiger partial charge in [-0.25, -0.2) is 9.97 Å². The number of rotatable bonds is 9. The second-order valence-electron chi connectivity index (χ2n) is 10.5. The monoisotopic (exact) mass is 595 g/mol. The van der Waals surface area contributed by atoms with Crippen LogP contribution in [0.1, 0.15) is 17.9 Å². The molecule has 1 aromatic carbocycles. The fourth-order valence-electron chi connectivity index (χ4n) is 5.39. The van der Waals surface area contributed by atoms with Crippen molar-refractivity contribution in [2.45, 2.75) is 12.3 Å². The van der Waals surface area contributed by atoms with Crippen molar-refractivity contribution in [3.05, 3.63) is 84.2 Å². The second-order valence-corrected chi connectivity index (χ2v) is 10.5. The smallest absolute Gasteiger partial charge is 0.260 e. The van der Waals surface area contributed by atoms with Gasteiger partial charge >= 0.3 is 0 Å². The minimum absolute atomic E-state index is 0.00105. The lowest BCUT2D eigenvalue weighted by atomic mass is 9.87. The summed E-state index contributed by atoms with van der Waals surface area (Å²) in [6.45, 7) is 4.16. The standard InChI is InChI=1S/C32H33N7O5/c1-33-15-24(19-40)30(41)37-25-6-8-26(9-7-25)43-31-28-27(22-5-3-4-21(14-22)17-39-10-12-42-13-11-39)29(23-16-36-38(2)18-23)44-32(28)35-20-34-31/h3-4,6-9,14-16,18-20,22,40H,5,10-13,17H2,1-2H3,(H,37,41)/b24-19-,33-15?. The maximum atomic E-state index is 12.4. The van der Waals surface area contributed by atoms with E-state index < -0.39 is 5.91 Å². The second kappa shape index (κ2) is 13.1. The highest BCUT2D eigenvalue weighted by Crippen LogP contribution is 2.44. The molecule has 0 spiro atoms. The predicted molar refractivity (Wildman–Crippen MR) is 166 cm³/mol. The number of aliphatic hydroxyl groups is 1. The zero-order valence-corrected chi connectivity index (χ0v) is 24.5. The molecule has 226 valence electrons. The summed E-state index contributed by atoms with van der Waals surface area (Å²) in [7, 11) is 3.39. The lowest BCUT2D eigenvalue weighted by Gasteiger charge is -2.28. The molecule has 2 N–H and O–H groups in total. The highest BCUT2D eigenvalue weighted by molar-refractivity contribution is 6.17. The van der Waals surface area contributed by atoms with E-state index in [-0.39, 0.29) is 11.5 Å². The van der Waals surface area contributed by atoms with Gasteiger partial charge in [0.05, 0.1) is 36.8 Å². The Balaban J connectivity index is 1.33. The number of nitrogens with zero attached hydrogens (tertiary/aromatic N) is 6. The molecule has 44 heavy (non-hydrogen) atoms. The van der Waals surface area contributed by atoms with E-state index in [0.717, 1.165) is 50.4 Å². The van der Waals surface area contributed by atoms with Gasteiger partial charge in [0.15, 0.2) is 0 Å². The summed E-state index contributed by atoms with van der Waals surface area (Å²) in [5.41, 5.74) is 4.00. The van der Waals surface area contributed by atoms with Crippen LogP contribution in [-0.4, -0.2) is 81.8 Å². The lowest BCUT2D eigenvalue weighted by Crippen LogP contribution is -2.37. The van der Waals surface area contributed by atoms with Crippen molar-refractivity contribution in [1.29, 1.82) is 0 Å². The zero-order valence-electron chi connectivity index (χ0n) is 24.5. The Bertz CT molecular complexity index is 1760. The number of hydrogen-bond donors (Lipinski definition) is 2. The van der Waals surface area contributed by atoms with Gasteiger partial charge in [-0.2, -0.15) is 5.10 Å². The first kappa shape index (κ1) is 29.0. The van der Waals surface area contributed by atoms with Crippen molar-refractivity contribution >= 4 is 28.9 Å². The number of morpholine rings is 1. The van der Waals surface area contributed by atoms with Gasteiger partial charge in [-0.15, -0.1) is 0 Å². The number of fused-ring (bicyclic) bond motifs is 1. The molecule has 1 fully saturated rings. The first-order valence-corrected chi connectivity index (χ1v) is 14.3. The fraction of sp³-hybridized carbons (Fsp3) is 0.281. The Hall–Kier alpha value is -5.07. The number of ether oxygens (including phenoxy) is 2. The number of furan rings is 1. The number of aryl methyl sites for hydroxylation is 1. The van der Waals surface area contributed by atoms with E-state index in [0.29, 0.717) is 40.4 Å². The van der Waals surface area contributed by atoms with E-state index in [1.807, 2.05) is 13.2 Å². The van der Waals surface area contributed by atoms with E-state index in [1.54, 1.807) is 35.1 Å². The number of anilines is 1. The number of nitrogens with one attached hydrogen (secondary N) is 1. The molecule has 1 aliphatic heterocycles. The molecule has 4 heterocycles. The number of aromatic nitrogens is 4. The van der Waals surface area contributed by atoms with Gasteiger partial charge in [0.2, 0.25) is 11.6 Å². The Labute approximate surface area is 254 Å². The van der Waals surface area contributed by atoms with Crippen molar-refractivity contribution in [2.75, 3.05) is 45.2 Å². The Morgan fingerprint density at radius 3 is 2.77 bits per heavy atom. The van der Waals surface area contributed by atoms with Crippen molar-refractivity contribution in [2.24, 2.45) is 12.0 Å². The Kier molecular flexibility index (Phi) is 8.62. The predicted octanol–water partition coefficient (Wildman–Crippen LogP) is 4.80. The van der Waals surface area contributed by atoms with Crippen LogP contribution < -0.4 is 10.1 Å². The van der Waals surface area contributed by atoms with Gasteiger partial charge < -0.3 is 24.3 Å². The molecular weight excluding hydrogens is 562 g/mol.